The molecule has 7 nitrogen and oxygen atoms in total. The topological polar surface area (TPSA) is 105 Å². The van der Waals surface area contributed by atoms with Crippen LogP contribution in [0.15, 0.2) is 78.4 Å². The predicted octanol–water partition coefficient (Wildman–Crippen LogP) is 4.86. The van der Waals surface area contributed by atoms with Gasteiger partial charge >= 0.3 is 0 Å². The van der Waals surface area contributed by atoms with Gasteiger partial charge in [-0.2, -0.15) is 5.26 Å². The lowest BCUT2D eigenvalue weighted by molar-refractivity contribution is -0.384. The maximum absolute atomic E-state index is 13.8. The van der Waals surface area contributed by atoms with Crippen LogP contribution in [0.4, 0.5) is 15.8 Å². The zero-order chi connectivity index (χ0) is 22.2. The summed E-state index contributed by atoms with van der Waals surface area (Å²) in [5.74, 6) is -0.954. The Hall–Kier alpha value is -4.51. The summed E-state index contributed by atoms with van der Waals surface area (Å²) in [5.41, 5.74) is 0.907. The van der Waals surface area contributed by atoms with E-state index in [-0.39, 0.29) is 23.6 Å². The molecule has 154 valence electrons. The second-order valence-corrected chi connectivity index (χ2v) is 6.35. The molecule has 0 heterocycles. The van der Waals surface area contributed by atoms with Crippen LogP contribution in [0.2, 0.25) is 0 Å². The standard InChI is InChI=1S/C23H16FN3O4/c24-20-6-2-3-7-21(20)26-23(28)18(14-25)13-17-5-1-4-8-22(17)31-15-16-9-11-19(12-10-16)27(29)30/h1-13H,15H2,(H,26,28)/b18-13+. The Bertz CT molecular complexity index is 1180. The summed E-state index contributed by atoms with van der Waals surface area (Å²) in [6, 6.07) is 20.2. The number of nitro benzene ring substituents is 1. The molecule has 3 rings (SSSR count). The Morgan fingerprint density at radius 3 is 2.45 bits per heavy atom. The minimum absolute atomic E-state index is 0.0217. The average Bonchev–Trinajstić information content (AvgIpc) is 2.78. The number of para-hydroxylation sites is 2. The Balaban J connectivity index is 1.77. The number of rotatable bonds is 7. The van der Waals surface area contributed by atoms with Crippen LogP contribution in [0, 0.1) is 27.3 Å². The molecule has 0 unspecified atom stereocenters. The predicted molar refractivity (Wildman–Crippen MR) is 112 cm³/mol. The van der Waals surface area contributed by atoms with E-state index < -0.39 is 16.6 Å². The van der Waals surface area contributed by atoms with Crippen LogP contribution in [-0.4, -0.2) is 10.8 Å². The molecule has 0 aliphatic heterocycles. The first-order valence-corrected chi connectivity index (χ1v) is 9.11. The summed E-state index contributed by atoms with van der Waals surface area (Å²) in [6.07, 6.45) is 1.35. The molecule has 3 aromatic rings. The van der Waals surface area contributed by atoms with Gasteiger partial charge in [-0.3, -0.25) is 14.9 Å². The summed E-state index contributed by atoms with van der Waals surface area (Å²) in [4.78, 5) is 22.7. The highest BCUT2D eigenvalue weighted by Crippen LogP contribution is 2.23. The molecule has 1 N–H and O–H groups in total. The van der Waals surface area contributed by atoms with Gasteiger partial charge in [0.05, 0.1) is 10.6 Å². The number of halogens is 1. The van der Waals surface area contributed by atoms with E-state index in [2.05, 4.69) is 5.32 Å². The summed E-state index contributed by atoms with van der Waals surface area (Å²) in [5, 5.41) is 22.5. The number of hydrogen-bond acceptors (Lipinski definition) is 5. The highest BCUT2D eigenvalue weighted by atomic mass is 19.1. The lowest BCUT2D eigenvalue weighted by atomic mass is 10.1. The third-order valence-electron chi connectivity index (χ3n) is 4.25. The Morgan fingerprint density at radius 1 is 1.10 bits per heavy atom. The molecule has 0 bridgehead atoms. The Kier molecular flexibility index (Phi) is 6.71. The minimum Gasteiger partial charge on any atom is -0.488 e. The molecular formula is C23H16FN3O4. The SMILES string of the molecule is N#C/C(=C\c1ccccc1OCc1ccc([N+](=O)[O-])cc1)C(=O)Nc1ccccc1F. The molecule has 31 heavy (non-hydrogen) atoms. The van der Waals surface area contributed by atoms with Crippen LogP contribution in [0.1, 0.15) is 11.1 Å². The number of ether oxygens (including phenoxy) is 1. The van der Waals surface area contributed by atoms with E-state index in [4.69, 9.17) is 4.74 Å². The Labute approximate surface area is 177 Å². The van der Waals surface area contributed by atoms with E-state index in [1.54, 1.807) is 42.5 Å². The average molecular weight is 417 g/mol. The number of nitriles is 1. The zero-order valence-electron chi connectivity index (χ0n) is 16.1. The number of nitrogens with zero attached hydrogens (tertiary/aromatic N) is 2. The number of carbonyl (C=O) groups excluding carboxylic acids is 1. The number of hydrogen-bond donors (Lipinski definition) is 1. The lowest BCUT2D eigenvalue weighted by Gasteiger charge is -2.10. The number of non-ortho nitro benzene ring substituents is 1. The van der Waals surface area contributed by atoms with Crippen molar-refractivity contribution in [2.45, 2.75) is 6.61 Å². The molecule has 0 saturated carbocycles. The molecular weight excluding hydrogens is 401 g/mol. The third kappa shape index (κ3) is 5.52. The van der Waals surface area contributed by atoms with Crippen molar-refractivity contribution in [3.8, 4) is 11.8 Å². The molecule has 0 spiro atoms. The zero-order valence-corrected chi connectivity index (χ0v) is 16.1. The normalized spacial score (nSPS) is 10.8. The summed E-state index contributed by atoms with van der Waals surface area (Å²) in [7, 11) is 0. The van der Waals surface area contributed by atoms with Crippen LogP contribution in [0.5, 0.6) is 5.75 Å². The molecule has 0 atom stereocenters. The molecule has 3 aromatic carbocycles. The van der Waals surface area contributed by atoms with Crippen molar-refractivity contribution in [1.82, 2.24) is 0 Å². The van der Waals surface area contributed by atoms with Crippen molar-refractivity contribution in [1.29, 1.82) is 5.26 Å². The monoisotopic (exact) mass is 417 g/mol. The molecule has 8 heteroatoms. The van der Waals surface area contributed by atoms with Crippen molar-refractivity contribution in [2.24, 2.45) is 0 Å². The number of benzene rings is 3. The quantitative estimate of drug-likeness (QED) is 0.256. The number of amides is 1. The van der Waals surface area contributed by atoms with Gasteiger partial charge in [0.25, 0.3) is 11.6 Å². The van der Waals surface area contributed by atoms with Gasteiger partial charge in [-0.1, -0.05) is 30.3 Å². The van der Waals surface area contributed by atoms with Crippen molar-refractivity contribution >= 4 is 23.4 Å². The first-order valence-electron chi connectivity index (χ1n) is 9.11. The van der Waals surface area contributed by atoms with Crippen LogP contribution < -0.4 is 10.1 Å². The van der Waals surface area contributed by atoms with E-state index in [9.17, 15) is 24.6 Å². The second kappa shape index (κ2) is 9.80. The number of carbonyl (C=O) groups is 1. The van der Waals surface area contributed by atoms with Crippen LogP contribution >= 0.6 is 0 Å². The van der Waals surface area contributed by atoms with Crippen LogP contribution in [-0.2, 0) is 11.4 Å². The first-order chi connectivity index (χ1) is 15.0. The molecule has 0 saturated heterocycles. The van der Waals surface area contributed by atoms with E-state index in [0.29, 0.717) is 16.9 Å². The maximum atomic E-state index is 13.8. The maximum Gasteiger partial charge on any atom is 0.269 e. The van der Waals surface area contributed by atoms with E-state index in [0.717, 1.165) is 0 Å². The molecule has 1 amide bonds. The lowest BCUT2D eigenvalue weighted by Crippen LogP contribution is -2.14. The molecule has 0 aromatic heterocycles. The van der Waals surface area contributed by atoms with Gasteiger partial charge in [-0.25, -0.2) is 4.39 Å². The van der Waals surface area contributed by atoms with Gasteiger partial charge in [0.2, 0.25) is 0 Å². The van der Waals surface area contributed by atoms with Gasteiger partial charge in [0.15, 0.2) is 0 Å². The smallest absolute Gasteiger partial charge is 0.269 e. The number of anilines is 1. The summed E-state index contributed by atoms with van der Waals surface area (Å²) in [6.45, 7) is 0.131. The molecule has 0 fully saturated rings. The van der Waals surface area contributed by atoms with Crippen molar-refractivity contribution in [3.05, 3.63) is 105 Å². The van der Waals surface area contributed by atoms with E-state index in [1.165, 1.54) is 36.4 Å². The fourth-order valence-corrected chi connectivity index (χ4v) is 2.66. The van der Waals surface area contributed by atoms with Crippen molar-refractivity contribution < 1.29 is 18.8 Å². The Morgan fingerprint density at radius 2 is 1.77 bits per heavy atom. The highest BCUT2D eigenvalue weighted by molar-refractivity contribution is 6.09. The first kappa shape index (κ1) is 21.2. The van der Waals surface area contributed by atoms with Crippen LogP contribution in [0.3, 0.4) is 0 Å². The van der Waals surface area contributed by atoms with Gasteiger partial charge in [-0.05, 0) is 42.0 Å². The van der Waals surface area contributed by atoms with Gasteiger partial charge in [0.1, 0.15) is 29.8 Å². The molecule has 0 aliphatic carbocycles. The fourth-order valence-electron chi connectivity index (χ4n) is 2.66. The van der Waals surface area contributed by atoms with Crippen molar-refractivity contribution in [2.75, 3.05) is 5.32 Å². The van der Waals surface area contributed by atoms with Gasteiger partial charge in [-0.15, -0.1) is 0 Å². The highest BCUT2D eigenvalue weighted by Gasteiger charge is 2.13. The van der Waals surface area contributed by atoms with Gasteiger partial charge < -0.3 is 10.1 Å². The van der Waals surface area contributed by atoms with E-state index >= 15 is 0 Å². The van der Waals surface area contributed by atoms with Gasteiger partial charge in [0, 0.05) is 17.7 Å². The van der Waals surface area contributed by atoms with Crippen LogP contribution in [0.25, 0.3) is 6.08 Å². The minimum atomic E-state index is -0.752. The third-order valence-corrected chi connectivity index (χ3v) is 4.25. The summed E-state index contributed by atoms with van der Waals surface area (Å²) >= 11 is 0. The largest absolute Gasteiger partial charge is 0.488 e. The molecule has 0 radical (unpaired) electrons. The fraction of sp³-hybridized carbons (Fsp3) is 0.0435. The summed E-state index contributed by atoms with van der Waals surface area (Å²) < 4.78 is 19.5. The van der Waals surface area contributed by atoms with Crippen molar-refractivity contribution in [3.63, 3.8) is 0 Å². The number of nitro groups is 1. The second-order valence-electron chi connectivity index (χ2n) is 6.35. The molecule has 0 aliphatic rings. The van der Waals surface area contributed by atoms with E-state index in [1.807, 2.05) is 6.07 Å². The number of nitrogens with one attached hydrogen (secondary N) is 1.